The molecule has 2 fully saturated rings. The molecule has 2 aromatic rings. The third-order valence-corrected chi connectivity index (χ3v) is 7.40. The number of carboxylic acids is 1. The predicted octanol–water partition coefficient (Wildman–Crippen LogP) is 0.0918. The van der Waals surface area contributed by atoms with Gasteiger partial charge in [-0.3, -0.25) is 14.4 Å². The summed E-state index contributed by atoms with van der Waals surface area (Å²) in [5.41, 5.74) is -2.18. The summed E-state index contributed by atoms with van der Waals surface area (Å²) in [6, 6.07) is 4.03. The van der Waals surface area contributed by atoms with Crippen LogP contribution < -0.4 is 11.1 Å². The number of benzene rings is 1. The van der Waals surface area contributed by atoms with Crippen LogP contribution in [0.25, 0.3) is 11.0 Å². The number of nitrogens with one attached hydrogen (secondary N) is 2. The minimum atomic E-state index is -3.91. The second-order valence-corrected chi connectivity index (χ2v) is 8.90. The number of sulfonamides is 1. The van der Waals surface area contributed by atoms with Crippen LogP contribution in [0, 0.1) is 11.3 Å². The second-order valence-electron chi connectivity index (χ2n) is 6.96. The molecule has 3 N–H and O–H groups in total. The Morgan fingerprint density at radius 2 is 1.88 bits per heavy atom. The number of aromatic nitrogens is 2. The van der Waals surface area contributed by atoms with Crippen LogP contribution in [-0.2, 0) is 14.8 Å². The number of aromatic amines is 2. The van der Waals surface area contributed by atoms with Gasteiger partial charge >= 0.3 is 17.1 Å². The normalized spacial score (nSPS) is 26.2. The summed E-state index contributed by atoms with van der Waals surface area (Å²) in [6.07, 6.45) is 1.96. The van der Waals surface area contributed by atoms with Gasteiger partial charge in [0.2, 0.25) is 10.0 Å². The predicted molar refractivity (Wildman–Crippen MR) is 91.4 cm³/mol. The summed E-state index contributed by atoms with van der Waals surface area (Å²) in [7, 11) is -3.91. The minimum Gasteiger partial charge on any atom is -0.481 e. The molecular formula is C16H17N3O6S. The highest BCUT2D eigenvalue weighted by molar-refractivity contribution is 7.89. The molecule has 1 aromatic carbocycles. The number of aliphatic carboxylic acids is 1. The van der Waals surface area contributed by atoms with E-state index >= 15 is 0 Å². The molecular weight excluding hydrogens is 362 g/mol. The maximum atomic E-state index is 13.0. The number of hydrogen-bond acceptors (Lipinski definition) is 5. The Balaban J connectivity index is 1.75. The van der Waals surface area contributed by atoms with Gasteiger partial charge in [0, 0.05) is 13.1 Å². The molecule has 4 rings (SSSR count). The molecule has 0 amide bonds. The van der Waals surface area contributed by atoms with Gasteiger partial charge in [-0.2, -0.15) is 4.31 Å². The van der Waals surface area contributed by atoms with Gasteiger partial charge in [-0.1, -0.05) is 6.42 Å². The zero-order valence-corrected chi connectivity index (χ0v) is 14.5. The van der Waals surface area contributed by atoms with E-state index in [0.29, 0.717) is 18.4 Å². The number of carbonyl (C=O) groups is 1. The van der Waals surface area contributed by atoms with Crippen molar-refractivity contribution in [2.75, 3.05) is 13.1 Å². The lowest BCUT2D eigenvalue weighted by atomic mass is 9.81. The minimum absolute atomic E-state index is 0.0461. The number of fused-ring (bicyclic) bond motifs is 2. The lowest BCUT2D eigenvalue weighted by Crippen LogP contribution is -2.37. The van der Waals surface area contributed by atoms with Crippen LogP contribution >= 0.6 is 0 Å². The molecule has 9 nitrogen and oxygen atoms in total. The van der Waals surface area contributed by atoms with E-state index in [1.54, 1.807) is 0 Å². The van der Waals surface area contributed by atoms with Crippen molar-refractivity contribution < 1.29 is 18.3 Å². The number of carboxylic acid groups (broad SMARTS) is 1. The molecule has 138 valence electrons. The molecule has 0 bridgehead atoms. The van der Waals surface area contributed by atoms with Crippen LogP contribution in [0.1, 0.15) is 19.3 Å². The Hall–Kier alpha value is -2.46. The number of H-pyrrole nitrogens is 2. The Morgan fingerprint density at radius 3 is 2.54 bits per heavy atom. The molecule has 1 aliphatic heterocycles. The van der Waals surface area contributed by atoms with Crippen molar-refractivity contribution in [3.05, 3.63) is 38.9 Å². The van der Waals surface area contributed by atoms with Gasteiger partial charge in [0.05, 0.1) is 21.3 Å². The van der Waals surface area contributed by atoms with Crippen LogP contribution in [0.4, 0.5) is 0 Å². The van der Waals surface area contributed by atoms with Crippen molar-refractivity contribution in [1.82, 2.24) is 14.3 Å². The van der Waals surface area contributed by atoms with E-state index in [-0.39, 0.29) is 29.4 Å². The molecule has 2 heterocycles. The van der Waals surface area contributed by atoms with Crippen molar-refractivity contribution in [3.8, 4) is 0 Å². The third kappa shape index (κ3) is 2.32. The van der Waals surface area contributed by atoms with Gasteiger partial charge < -0.3 is 15.1 Å². The van der Waals surface area contributed by atoms with Crippen LogP contribution in [0.5, 0.6) is 0 Å². The zero-order chi connectivity index (χ0) is 18.7. The third-order valence-electron chi connectivity index (χ3n) is 5.60. The van der Waals surface area contributed by atoms with Gasteiger partial charge in [0.1, 0.15) is 0 Å². The smallest absolute Gasteiger partial charge is 0.314 e. The second kappa shape index (κ2) is 5.52. The fourth-order valence-corrected chi connectivity index (χ4v) is 5.76. The highest BCUT2D eigenvalue weighted by Gasteiger charge is 2.57. The molecule has 1 saturated carbocycles. The van der Waals surface area contributed by atoms with Crippen molar-refractivity contribution in [2.45, 2.75) is 24.2 Å². The SMILES string of the molecule is O=C(O)[C@@]12CCC[C@H]1CN(S(=O)(=O)c1ccc3[nH]c(=O)c(=O)[nH]c3c1)C2. The van der Waals surface area contributed by atoms with E-state index in [2.05, 4.69) is 9.97 Å². The van der Waals surface area contributed by atoms with E-state index in [4.69, 9.17) is 0 Å². The summed E-state index contributed by atoms with van der Waals surface area (Å²) in [4.78, 5) is 39.3. The van der Waals surface area contributed by atoms with Crippen molar-refractivity contribution in [3.63, 3.8) is 0 Å². The van der Waals surface area contributed by atoms with Gasteiger partial charge in [-0.15, -0.1) is 0 Å². The topological polar surface area (TPSA) is 140 Å². The lowest BCUT2D eigenvalue weighted by molar-refractivity contribution is -0.149. The number of hydrogen-bond donors (Lipinski definition) is 3. The molecule has 2 atom stereocenters. The number of rotatable bonds is 3. The summed E-state index contributed by atoms with van der Waals surface area (Å²) in [5, 5.41) is 9.63. The van der Waals surface area contributed by atoms with E-state index < -0.39 is 32.5 Å². The maximum absolute atomic E-state index is 13.0. The molecule has 0 radical (unpaired) electrons. The molecule has 10 heteroatoms. The van der Waals surface area contributed by atoms with E-state index in [1.807, 2.05) is 0 Å². The zero-order valence-electron chi connectivity index (χ0n) is 13.7. The largest absolute Gasteiger partial charge is 0.481 e. The average molecular weight is 379 g/mol. The highest BCUT2D eigenvalue weighted by Crippen LogP contribution is 2.50. The molecule has 2 aliphatic rings. The first kappa shape index (κ1) is 17.0. The maximum Gasteiger partial charge on any atom is 0.314 e. The average Bonchev–Trinajstić information content (AvgIpc) is 3.14. The Bertz CT molecular complexity index is 1130. The van der Waals surface area contributed by atoms with Crippen molar-refractivity contribution in [1.29, 1.82) is 0 Å². The summed E-state index contributed by atoms with van der Waals surface area (Å²) in [6.45, 7) is 0.129. The molecule has 0 spiro atoms. The Morgan fingerprint density at radius 1 is 1.19 bits per heavy atom. The van der Waals surface area contributed by atoms with Gasteiger partial charge in [-0.25, -0.2) is 8.42 Å². The van der Waals surface area contributed by atoms with Gasteiger partial charge in [0.15, 0.2) is 0 Å². The summed E-state index contributed by atoms with van der Waals surface area (Å²) < 4.78 is 27.2. The van der Waals surface area contributed by atoms with Gasteiger partial charge in [0.25, 0.3) is 0 Å². The first-order valence-electron chi connectivity index (χ1n) is 8.24. The number of nitrogens with zero attached hydrogens (tertiary/aromatic N) is 1. The first-order chi connectivity index (χ1) is 12.2. The monoisotopic (exact) mass is 379 g/mol. The van der Waals surface area contributed by atoms with Crippen LogP contribution in [0.3, 0.4) is 0 Å². The van der Waals surface area contributed by atoms with E-state index in [9.17, 15) is 27.9 Å². The van der Waals surface area contributed by atoms with E-state index in [1.165, 1.54) is 22.5 Å². The summed E-state index contributed by atoms with van der Waals surface area (Å²) >= 11 is 0. The fraction of sp³-hybridized carbons (Fsp3) is 0.438. The van der Waals surface area contributed by atoms with Crippen molar-refractivity contribution >= 4 is 27.0 Å². The van der Waals surface area contributed by atoms with E-state index in [0.717, 1.165) is 6.42 Å². The Kier molecular flexibility index (Phi) is 3.60. The Labute approximate surface area is 147 Å². The molecule has 26 heavy (non-hydrogen) atoms. The summed E-state index contributed by atoms with van der Waals surface area (Å²) in [5.74, 6) is -1.13. The first-order valence-corrected chi connectivity index (χ1v) is 9.68. The van der Waals surface area contributed by atoms with Gasteiger partial charge in [-0.05, 0) is 37.0 Å². The standard InChI is InChI=1S/C16H17N3O6S/c20-13-14(21)18-12-6-10(3-4-11(12)17-13)26(24,25)19-7-9-2-1-5-16(9,8-19)15(22)23/h3-4,6,9H,1-2,5,7-8H2,(H,17,20)(H,18,21)(H,22,23)/t9-,16+/m0/s1. The van der Waals surface area contributed by atoms with Crippen LogP contribution in [0.15, 0.2) is 32.7 Å². The molecule has 1 aliphatic carbocycles. The fourth-order valence-electron chi connectivity index (χ4n) is 4.18. The molecule has 0 unspecified atom stereocenters. The van der Waals surface area contributed by atoms with Crippen LogP contribution in [0.2, 0.25) is 0 Å². The molecule has 1 aromatic heterocycles. The van der Waals surface area contributed by atoms with Crippen molar-refractivity contribution in [2.24, 2.45) is 11.3 Å². The van der Waals surface area contributed by atoms with Crippen LogP contribution in [-0.4, -0.2) is 46.9 Å². The lowest BCUT2D eigenvalue weighted by Gasteiger charge is -2.23. The molecule has 1 saturated heterocycles. The quantitative estimate of drug-likeness (QED) is 0.646. The highest BCUT2D eigenvalue weighted by atomic mass is 32.2.